The number of alkyl carbamates (subject to hydrolysis) is 1. The van der Waals surface area contributed by atoms with E-state index < -0.39 is 26.6 Å². The number of carbonyl (C=O) groups is 1. The number of fused-ring (bicyclic) bond motifs is 1. The Kier molecular flexibility index (Phi) is 7.61. The van der Waals surface area contributed by atoms with E-state index in [2.05, 4.69) is 5.32 Å². The molecule has 3 rings (SSSR count). The molecule has 0 bridgehead atoms. The van der Waals surface area contributed by atoms with E-state index in [1.165, 1.54) is 6.07 Å². The van der Waals surface area contributed by atoms with Crippen molar-refractivity contribution < 1.29 is 22.1 Å². The van der Waals surface area contributed by atoms with Crippen molar-refractivity contribution in [3.05, 3.63) is 66.7 Å². The van der Waals surface area contributed by atoms with E-state index in [0.717, 1.165) is 0 Å². The zero-order chi connectivity index (χ0) is 23.4. The van der Waals surface area contributed by atoms with Crippen LogP contribution in [0, 0.1) is 0 Å². The van der Waals surface area contributed by atoms with Gasteiger partial charge in [0.05, 0.1) is 6.67 Å². The van der Waals surface area contributed by atoms with Gasteiger partial charge in [-0.05, 0) is 24.3 Å². The topological polar surface area (TPSA) is 84.9 Å². The van der Waals surface area contributed by atoms with Crippen LogP contribution in [-0.2, 0) is 14.9 Å². The molecule has 0 atom stereocenters. The highest BCUT2D eigenvalue weighted by Gasteiger charge is 2.23. The van der Waals surface area contributed by atoms with Crippen LogP contribution < -0.4 is 14.4 Å². The van der Waals surface area contributed by atoms with Crippen LogP contribution >= 0.6 is 34.8 Å². The quantitative estimate of drug-likeness (QED) is 0.267. The first-order valence-electron chi connectivity index (χ1n) is 9.26. The second-order valence-electron chi connectivity index (χ2n) is 6.70. The molecule has 0 saturated heterocycles. The molecule has 0 fully saturated rings. The normalized spacial score (nSPS) is 11.8. The van der Waals surface area contributed by atoms with Gasteiger partial charge in [-0.15, -0.1) is 0 Å². The molecule has 7 nitrogen and oxygen atoms in total. The minimum atomic E-state index is -4.08. The summed E-state index contributed by atoms with van der Waals surface area (Å²) in [5.41, 5.74) is 0.681. The first kappa shape index (κ1) is 24.3. The van der Waals surface area contributed by atoms with Gasteiger partial charge in [0.15, 0.2) is 0 Å². The van der Waals surface area contributed by atoms with Crippen molar-refractivity contribution in [2.45, 2.75) is 8.69 Å². The molecule has 3 aromatic carbocycles. The summed E-state index contributed by atoms with van der Waals surface area (Å²) in [6.07, 6.45) is -0.761. The maximum absolute atomic E-state index is 12.9. The van der Waals surface area contributed by atoms with Crippen molar-refractivity contribution >= 4 is 67.5 Å². The number of ether oxygens (including phenoxy) is 1. The first-order valence-corrected chi connectivity index (χ1v) is 11.8. The lowest BCUT2D eigenvalue weighted by atomic mass is 10.1. The van der Waals surface area contributed by atoms with Crippen LogP contribution in [0.4, 0.5) is 10.5 Å². The maximum atomic E-state index is 12.9. The average molecular weight is 518 g/mol. The van der Waals surface area contributed by atoms with Gasteiger partial charge < -0.3 is 19.1 Å². The Morgan fingerprint density at radius 3 is 2.31 bits per heavy atom. The van der Waals surface area contributed by atoms with Crippen LogP contribution in [0.15, 0.2) is 71.6 Å². The second-order valence-corrected chi connectivity index (χ2v) is 10.7. The fourth-order valence-corrected chi connectivity index (χ4v) is 4.24. The zero-order valence-electron chi connectivity index (χ0n) is 16.8. The van der Waals surface area contributed by atoms with Crippen molar-refractivity contribution in [2.24, 2.45) is 0 Å². The van der Waals surface area contributed by atoms with Crippen molar-refractivity contribution in [2.75, 3.05) is 25.2 Å². The molecule has 0 unspecified atom stereocenters. The van der Waals surface area contributed by atoms with Gasteiger partial charge in [0.25, 0.3) is 0 Å². The van der Waals surface area contributed by atoms with Crippen molar-refractivity contribution in [3.63, 3.8) is 0 Å². The summed E-state index contributed by atoms with van der Waals surface area (Å²) in [4.78, 5) is 13.6. The highest BCUT2D eigenvalue weighted by atomic mass is 35.6. The molecule has 32 heavy (non-hydrogen) atoms. The van der Waals surface area contributed by atoms with Gasteiger partial charge in [-0.3, -0.25) is 0 Å². The second kappa shape index (κ2) is 10.0. The number of nitrogens with one attached hydrogen (secondary N) is 1. The third kappa shape index (κ3) is 6.32. The van der Waals surface area contributed by atoms with Gasteiger partial charge in [-0.25, -0.2) is 4.79 Å². The number of amides is 1. The number of alkyl halides is 3. The third-order valence-corrected chi connectivity index (χ3v) is 5.95. The van der Waals surface area contributed by atoms with E-state index in [4.69, 9.17) is 43.7 Å². The molecule has 0 aliphatic rings. The van der Waals surface area contributed by atoms with Gasteiger partial charge in [-0.1, -0.05) is 77.3 Å². The van der Waals surface area contributed by atoms with Gasteiger partial charge in [0.1, 0.15) is 17.3 Å². The summed E-state index contributed by atoms with van der Waals surface area (Å²) in [5.74, 6) is 0.218. The summed E-state index contributed by atoms with van der Waals surface area (Å²) in [6, 6.07) is 18.4. The van der Waals surface area contributed by atoms with Crippen LogP contribution in [-0.4, -0.2) is 38.6 Å². The Morgan fingerprint density at radius 1 is 0.969 bits per heavy atom. The van der Waals surface area contributed by atoms with Crippen LogP contribution in [0.1, 0.15) is 0 Å². The Labute approximate surface area is 200 Å². The number of hydrogen-bond donors (Lipinski definition) is 1. The lowest BCUT2D eigenvalue weighted by Gasteiger charge is -2.22. The molecule has 0 aromatic heterocycles. The number of anilines is 1. The molecule has 170 valence electrons. The lowest BCUT2D eigenvalue weighted by molar-refractivity contribution is 0.148. The highest BCUT2D eigenvalue weighted by molar-refractivity contribution is 7.87. The molecule has 0 radical (unpaired) electrons. The number of halogens is 3. The average Bonchev–Trinajstić information content (AvgIpc) is 2.75. The molecule has 1 N–H and O–H groups in total. The van der Waals surface area contributed by atoms with Crippen LogP contribution in [0.25, 0.3) is 10.8 Å². The SMILES string of the molecule is CN(CNC(=O)OCC(Cl)(Cl)Cl)c1cccc2c(S(=O)(=O)Oc3ccccc3)cccc12. The predicted molar refractivity (Wildman–Crippen MR) is 126 cm³/mol. The molecule has 3 aromatic rings. The molecule has 11 heteroatoms. The molecule has 0 aliphatic carbocycles. The predicted octanol–water partition coefficient (Wildman–Crippen LogP) is 5.10. The summed E-state index contributed by atoms with van der Waals surface area (Å²) in [5, 5.41) is 3.68. The number of benzene rings is 3. The number of rotatable bonds is 7. The Morgan fingerprint density at radius 2 is 1.62 bits per heavy atom. The minimum absolute atomic E-state index is 0.0316. The number of para-hydroxylation sites is 1. The molecule has 0 aliphatic heterocycles. The molecule has 0 saturated carbocycles. The van der Waals surface area contributed by atoms with Crippen LogP contribution in [0.5, 0.6) is 5.75 Å². The van der Waals surface area contributed by atoms with Crippen LogP contribution in [0.2, 0.25) is 0 Å². The largest absolute Gasteiger partial charge is 0.445 e. The smallest absolute Gasteiger partial charge is 0.408 e. The highest BCUT2D eigenvalue weighted by Crippen LogP contribution is 2.32. The Balaban J connectivity index is 1.82. The van der Waals surface area contributed by atoms with Gasteiger partial charge in [0, 0.05) is 23.5 Å². The van der Waals surface area contributed by atoms with Gasteiger partial charge in [0.2, 0.25) is 3.79 Å². The molecule has 0 heterocycles. The van der Waals surface area contributed by atoms with E-state index in [1.54, 1.807) is 72.6 Å². The molecule has 0 spiro atoms. The first-order chi connectivity index (χ1) is 15.1. The summed E-state index contributed by atoms with van der Waals surface area (Å²) < 4.78 is 34.3. The maximum Gasteiger partial charge on any atom is 0.408 e. The third-order valence-electron chi connectivity index (χ3n) is 4.32. The van der Waals surface area contributed by atoms with E-state index in [0.29, 0.717) is 16.5 Å². The molecule has 1 amide bonds. The number of hydrogen-bond acceptors (Lipinski definition) is 6. The summed E-state index contributed by atoms with van der Waals surface area (Å²) in [6.45, 7) is -0.334. The van der Waals surface area contributed by atoms with E-state index >= 15 is 0 Å². The van der Waals surface area contributed by atoms with Crippen molar-refractivity contribution in [3.8, 4) is 5.75 Å². The summed E-state index contributed by atoms with van der Waals surface area (Å²) >= 11 is 16.7. The van der Waals surface area contributed by atoms with Crippen LogP contribution in [0.3, 0.4) is 0 Å². The fourth-order valence-electron chi connectivity index (χ4n) is 2.93. The van der Waals surface area contributed by atoms with E-state index in [9.17, 15) is 13.2 Å². The lowest BCUT2D eigenvalue weighted by Crippen LogP contribution is -2.36. The van der Waals surface area contributed by atoms with E-state index in [-0.39, 0.29) is 17.3 Å². The fraction of sp³-hybridized carbons (Fsp3) is 0.190. The summed E-state index contributed by atoms with van der Waals surface area (Å²) in [7, 11) is -2.35. The number of nitrogens with zero attached hydrogens (tertiary/aromatic N) is 1. The standard InChI is InChI=1S/C21H19Cl3N2O5S/c1-26(14-25-20(27)30-13-21(22,23)24)18-11-5-10-17-16(18)9-6-12-19(17)32(28,29)31-15-7-3-2-4-8-15/h2-12H,13-14H2,1H3,(H,25,27). The minimum Gasteiger partial charge on any atom is -0.445 e. The zero-order valence-corrected chi connectivity index (χ0v) is 19.9. The Hall–Kier alpha value is -2.39. The Bertz CT molecular complexity index is 1200. The molecular weight excluding hydrogens is 499 g/mol. The van der Waals surface area contributed by atoms with Gasteiger partial charge in [-0.2, -0.15) is 8.42 Å². The van der Waals surface area contributed by atoms with Crippen molar-refractivity contribution in [1.82, 2.24) is 5.32 Å². The molecular formula is C21H19Cl3N2O5S. The van der Waals surface area contributed by atoms with Gasteiger partial charge >= 0.3 is 16.2 Å². The van der Waals surface area contributed by atoms with E-state index in [1.807, 2.05) is 0 Å². The van der Waals surface area contributed by atoms with Crippen molar-refractivity contribution in [1.29, 1.82) is 0 Å². The monoisotopic (exact) mass is 516 g/mol. The number of carbonyl (C=O) groups excluding carboxylic acids is 1.